The van der Waals surface area contributed by atoms with Crippen LogP contribution in [0.2, 0.25) is 0 Å². The fraction of sp³-hybridized carbons (Fsp3) is 0.929. The maximum absolute atomic E-state index is 11.2. The van der Waals surface area contributed by atoms with E-state index in [0.29, 0.717) is 13.3 Å². The Morgan fingerprint density at radius 3 is 2.11 bits per heavy atom. The normalized spacial score (nSPS) is 41.1. The molecule has 4 rings (SSSR count). The van der Waals surface area contributed by atoms with Crippen LogP contribution in [-0.2, 0) is 4.74 Å². The molecular weight excluding hydrogens is 228 g/mol. The zero-order valence-corrected chi connectivity index (χ0v) is 11.2. The Bertz CT molecular complexity index is 307. The summed E-state index contributed by atoms with van der Waals surface area (Å²) in [5, 5.41) is 0. The van der Waals surface area contributed by atoms with Gasteiger partial charge in [0.15, 0.2) is 0 Å². The van der Waals surface area contributed by atoms with Gasteiger partial charge in [0, 0.05) is 6.54 Å². The minimum atomic E-state index is -0.373. The van der Waals surface area contributed by atoms with E-state index < -0.39 is 0 Å². The van der Waals surface area contributed by atoms with Gasteiger partial charge in [0.05, 0.1) is 5.60 Å². The summed E-state index contributed by atoms with van der Waals surface area (Å²) in [6.07, 6.45) is 7.85. The van der Waals surface area contributed by atoms with E-state index >= 15 is 0 Å². The monoisotopic (exact) mass is 252 g/mol. The highest BCUT2D eigenvalue weighted by Crippen LogP contribution is 2.57. The lowest BCUT2D eigenvalue weighted by Gasteiger charge is -2.56. The first kappa shape index (κ1) is 12.3. The first-order valence-corrected chi connectivity index (χ1v) is 7.28. The molecule has 102 valence electrons. The highest BCUT2D eigenvalue weighted by molar-refractivity contribution is 5.71. The second-order valence-electron chi connectivity index (χ2n) is 6.57. The van der Waals surface area contributed by atoms with Crippen LogP contribution in [0.5, 0.6) is 0 Å². The molecule has 0 spiro atoms. The molecule has 4 aliphatic carbocycles. The third-order valence-electron chi connectivity index (χ3n) is 5.20. The predicted octanol–water partition coefficient (Wildman–Crippen LogP) is 2.33. The van der Waals surface area contributed by atoms with E-state index in [9.17, 15) is 4.79 Å². The molecule has 0 saturated heterocycles. The van der Waals surface area contributed by atoms with E-state index in [2.05, 4.69) is 0 Å². The number of hydrogen-bond donors (Lipinski definition) is 1. The van der Waals surface area contributed by atoms with Crippen molar-refractivity contribution in [2.24, 2.45) is 23.5 Å². The largest absolute Gasteiger partial charge is 0.355 e. The number of rotatable bonds is 4. The van der Waals surface area contributed by atoms with Crippen LogP contribution in [0, 0.1) is 17.8 Å². The number of primary amides is 1. The predicted molar refractivity (Wildman–Crippen MR) is 68.8 cm³/mol. The van der Waals surface area contributed by atoms with Crippen LogP contribution in [0.15, 0.2) is 0 Å². The van der Waals surface area contributed by atoms with Crippen molar-refractivity contribution in [3.8, 4) is 0 Å². The van der Waals surface area contributed by atoms with Gasteiger partial charge in [-0.3, -0.25) is 0 Å². The Kier molecular flexibility index (Phi) is 3.00. The van der Waals surface area contributed by atoms with Gasteiger partial charge < -0.3 is 15.4 Å². The molecule has 0 heterocycles. The summed E-state index contributed by atoms with van der Waals surface area (Å²) in [4.78, 5) is 12.8. The second kappa shape index (κ2) is 4.41. The van der Waals surface area contributed by atoms with Gasteiger partial charge in [0.25, 0.3) is 0 Å². The fourth-order valence-electron chi connectivity index (χ4n) is 4.73. The maximum atomic E-state index is 11.2. The van der Waals surface area contributed by atoms with Crippen molar-refractivity contribution in [3.05, 3.63) is 0 Å². The molecule has 0 aliphatic heterocycles. The molecule has 0 aromatic carbocycles. The molecule has 4 fully saturated rings. The SMILES string of the molecule is CCN(COC12CC3CC(CC(C3)C1)C2)C(N)=O. The maximum Gasteiger partial charge on any atom is 0.316 e. The Morgan fingerprint density at radius 2 is 1.72 bits per heavy atom. The van der Waals surface area contributed by atoms with Crippen molar-refractivity contribution in [1.82, 2.24) is 4.90 Å². The zero-order valence-electron chi connectivity index (χ0n) is 11.2. The van der Waals surface area contributed by atoms with Crippen LogP contribution in [0.3, 0.4) is 0 Å². The molecule has 0 unspecified atom stereocenters. The van der Waals surface area contributed by atoms with Crippen LogP contribution in [0.1, 0.15) is 45.4 Å². The quantitative estimate of drug-likeness (QED) is 0.781. The summed E-state index contributed by atoms with van der Waals surface area (Å²) in [5.41, 5.74) is 5.40. The number of nitrogens with zero attached hydrogens (tertiary/aromatic N) is 1. The van der Waals surface area contributed by atoms with Crippen LogP contribution in [-0.4, -0.2) is 29.8 Å². The average Bonchev–Trinajstić information content (AvgIpc) is 2.27. The third kappa shape index (κ3) is 2.11. The summed E-state index contributed by atoms with van der Waals surface area (Å²) >= 11 is 0. The summed E-state index contributed by atoms with van der Waals surface area (Å²) < 4.78 is 6.18. The number of carbonyl (C=O) groups excluding carboxylic acids is 1. The molecule has 4 bridgehead atoms. The number of carbonyl (C=O) groups is 1. The van der Waals surface area contributed by atoms with Crippen LogP contribution in [0.25, 0.3) is 0 Å². The molecule has 4 aliphatic rings. The van der Waals surface area contributed by atoms with Crippen molar-refractivity contribution in [3.63, 3.8) is 0 Å². The third-order valence-corrected chi connectivity index (χ3v) is 5.20. The standard InChI is InChI=1S/C14H24N2O2/c1-2-16(13(15)17)9-18-14-6-10-3-11(7-14)5-12(4-10)8-14/h10-12H,2-9H2,1H3,(H2,15,17). The lowest BCUT2D eigenvalue weighted by Crippen LogP contribution is -2.53. The molecule has 2 amide bonds. The van der Waals surface area contributed by atoms with Crippen molar-refractivity contribution in [2.45, 2.75) is 51.0 Å². The number of amides is 2. The van der Waals surface area contributed by atoms with Gasteiger partial charge in [0.1, 0.15) is 6.73 Å². The topological polar surface area (TPSA) is 55.6 Å². The Morgan fingerprint density at radius 1 is 1.22 bits per heavy atom. The lowest BCUT2D eigenvalue weighted by molar-refractivity contribution is -0.178. The number of nitrogens with two attached hydrogens (primary N) is 1. The molecule has 2 N–H and O–H groups in total. The van der Waals surface area contributed by atoms with Gasteiger partial charge in [-0.05, 0) is 63.2 Å². The summed E-state index contributed by atoms with van der Waals surface area (Å²) in [6, 6.07) is -0.373. The van der Waals surface area contributed by atoms with Gasteiger partial charge in [-0.1, -0.05) is 0 Å². The highest BCUT2D eigenvalue weighted by Gasteiger charge is 2.51. The molecule has 4 nitrogen and oxygen atoms in total. The van der Waals surface area contributed by atoms with Gasteiger partial charge >= 0.3 is 6.03 Å². The van der Waals surface area contributed by atoms with E-state index in [-0.39, 0.29) is 11.6 Å². The minimum absolute atomic E-state index is 0.0671. The summed E-state index contributed by atoms with van der Waals surface area (Å²) in [6.45, 7) is 2.94. The van der Waals surface area contributed by atoms with Crippen LogP contribution >= 0.6 is 0 Å². The van der Waals surface area contributed by atoms with E-state index in [1.165, 1.54) is 38.5 Å². The van der Waals surface area contributed by atoms with E-state index in [4.69, 9.17) is 10.5 Å². The van der Waals surface area contributed by atoms with Crippen LogP contribution < -0.4 is 5.73 Å². The van der Waals surface area contributed by atoms with Gasteiger partial charge in [-0.15, -0.1) is 0 Å². The zero-order chi connectivity index (χ0) is 12.8. The summed E-state index contributed by atoms with van der Waals surface area (Å²) in [7, 11) is 0. The molecule has 0 radical (unpaired) electrons. The van der Waals surface area contributed by atoms with Crippen molar-refractivity contribution in [1.29, 1.82) is 0 Å². The molecule has 0 aromatic rings. The number of hydrogen-bond acceptors (Lipinski definition) is 2. The van der Waals surface area contributed by atoms with Crippen molar-refractivity contribution in [2.75, 3.05) is 13.3 Å². The van der Waals surface area contributed by atoms with E-state index in [1.54, 1.807) is 4.90 Å². The molecule has 0 atom stereocenters. The van der Waals surface area contributed by atoms with Crippen molar-refractivity contribution >= 4 is 6.03 Å². The van der Waals surface area contributed by atoms with Gasteiger partial charge in [-0.2, -0.15) is 0 Å². The van der Waals surface area contributed by atoms with E-state index in [0.717, 1.165) is 17.8 Å². The molecule has 4 heteroatoms. The molecule has 0 aromatic heterocycles. The van der Waals surface area contributed by atoms with E-state index in [1.807, 2.05) is 6.92 Å². The van der Waals surface area contributed by atoms with Gasteiger partial charge in [-0.25, -0.2) is 4.79 Å². The van der Waals surface area contributed by atoms with Gasteiger partial charge in [0.2, 0.25) is 0 Å². The molecular formula is C14H24N2O2. The number of ether oxygens (including phenoxy) is 1. The van der Waals surface area contributed by atoms with Crippen LogP contribution in [0.4, 0.5) is 4.79 Å². The van der Waals surface area contributed by atoms with Crippen molar-refractivity contribution < 1.29 is 9.53 Å². The summed E-state index contributed by atoms with van der Waals surface area (Å²) in [5.74, 6) is 2.62. The highest BCUT2D eigenvalue weighted by atomic mass is 16.5. The first-order valence-electron chi connectivity index (χ1n) is 7.28. The second-order valence-corrected chi connectivity index (χ2v) is 6.57. The Hall–Kier alpha value is -0.770. The average molecular weight is 252 g/mol. The number of urea groups is 1. The lowest BCUT2D eigenvalue weighted by atomic mass is 9.54. The first-order chi connectivity index (χ1) is 8.60. The Balaban J connectivity index is 1.63. The Labute approximate surface area is 109 Å². The fourth-order valence-corrected chi connectivity index (χ4v) is 4.73. The minimum Gasteiger partial charge on any atom is -0.355 e. The molecule has 18 heavy (non-hydrogen) atoms. The molecule has 4 saturated carbocycles. The smallest absolute Gasteiger partial charge is 0.316 e.